The van der Waals surface area contributed by atoms with E-state index in [2.05, 4.69) is 127 Å². The molecule has 12 rings (SSSR count). The fourth-order valence-electron chi connectivity index (χ4n) is 10.8. The van der Waals surface area contributed by atoms with Crippen molar-refractivity contribution in [2.45, 2.75) is 37.5 Å². The third kappa shape index (κ3) is 4.11. The summed E-state index contributed by atoms with van der Waals surface area (Å²) in [5.41, 5.74) is 10.8. The fourth-order valence-corrected chi connectivity index (χ4v) is 10.8. The van der Waals surface area contributed by atoms with Crippen LogP contribution in [0, 0.1) is 23.7 Å². The van der Waals surface area contributed by atoms with Crippen LogP contribution in [0.2, 0.25) is 0 Å². The average Bonchev–Trinajstić information content (AvgIpc) is 3.47. The van der Waals surface area contributed by atoms with Crippen molar-refractivity contribution in [3.05, 3.63) is 145 Å². The maximum Gasteiger partial charge on any atom is 0.164 e. The lowest BCUT2D eigenvalue weighted by atomic mass is 9.43. The van der Waals surface area contributed by atoms with E-state index >= 15 is 0 Å². The molecule has 50 heavy (non-hydrogen) atoms. The van der Waals surface area contributed by atoms with Crippen molar-refractivity contribution in [2.24, 2.45) is 23.7 Å². The number of hydrogen-bond donors (Lipinski definition) is 0. The van der Waals surface area contributed by atoms with Gasteiger partial charge in [0.25, 0.3) is 0 Å². The average molecular weight is 645 g/mol. The third-order valence-electron chi connectivity index (χ3n) is 12.6. The highest BCUT2D eigenvalue weighted by atomic mass is 15.0. The zero-order valence-electron chi connectivity index (χ0n) is 27.8. The lowest BCUT2D eigenvalue weighted by Crippen LogP contribution is -2.55. The standard InChI is InChI=1S/C46H36N4/c1-2-8-30(9-3-1)31-15-17-33(18-16-31)43-48-44(50-45(49-43)38-13-6-11-32-10-4-5-12-37(32)38)34-19-20-40-39(27-34)42-41(14-7-21-47-42)46(40)35-23-28-22-29(25-35)26-36(46)24-28/h1-21,27-29,35-36H,22-26H2. The summed E-state index contributed by atoms with van der Waals surface area (Å²) in [6.07, 6.45) is 8.86. The molecule has 0 amide bonds. The Morgan fingerprint density at radius 3 is 1.90 bits per heavy atom. The molecule has 0 atom stereocenters. The molecular weight excluding hydrogens is 609 g/mol. The van der Waals surface area contributed by atoms with Gasteiger partial charge in [0.2, 0.25) is 0 Å². The highest BCUT2D eigenvalue weighted by Crippen LogP contribution is 2.69. The first kappa shape index (κ1) is 28.4. The van der Waals surface area contributed by atoms with Gasteiger partial charge < -0.3 is 0 Å². The molecule has 4 nitrogen and oxygen atoms in total. The molecule has 0 saturated heterocycles. The summed E-state index contributed by atoms with van der Waals surface area (Å²) < 4.78 is 0. The van der Waals surface area contributed by atoms with Crippen LogP contribution in [0.4, 0.5) is 0 Å². The highest BCUT2D eigenvalue weighted by Gasteiger charge is 2.61. The summed E-state index contributed by atoms with van der Waals surface area (Å²) >= 11 is 0. The summed E-state index contributed by atoms with van der Waals surface area (Å²) in [5.74, 6) is 5.27. The number of hydrogen-bond acceptors (Lipinski definition) is 4. The maximum atomic E-state index is 5.23. The fraction of sp³-hybridized carbons (Fsp3) is 0.217. The van der Waals surface area contributed by atoms with Crippen LogP contribution in [0.1, 0.15) is 43.2 Å². The first-order chi connectivity index (χ1) is 24.7. The van der Waals surface area contributed by atoms with Crippen LogP contribution in [-0.4, -0.2) is 19.9 Å². The molecule has 0 unspecified atom stereocenters. The van der Waals surface area contributed by atoms with Crippen LogP contribution in [0.5, 0.6) is 0 Å². The molecule has 5 aliphatic rings. The zero-order chi connectivity index (χ0) is 32.8. The molecular formula is C46H36N4. The van der Waals surface area contributed by atoms with Crippen LogP contribution in [0.25, 0.3) is 67.3 Å². The van der Waals surface area contributed by atoms with Crippen LogP contribution in [-0.2, 0) is 5.41 Å². The Bertz CT molecular complexity index is 2420. The number of fused-ring (bicyclic) bond motifs is 4. The van der Waals surface area contributed by atoms with Gasteiger partial charge in [0, 0.05) is 33.9 Å². The van der Waals surface area contributed by atoms with Crippen LogP contribution >= 0.6 is 0 Å². The predicted molar refractivity (Wildman–Crippen MR) is 200 cm³/mol. The van der Waals surface area contributed by atoms with E-state index in [1.54, 1.807) is 0 Å². The normalized spacial score (nSPS) is 24.1. The van der Waals surface area contributed by atoms with Gasteiger partial charge in [-0.2, -0.15) is 0 Å². The van der Waals surface area contributed by atoms with Crippen LogP contribution in [0.3, 0.4) is 0 Å². The molecule has 4 bridgehead atoms. The van der Waals surface area contributed by atoms with E-state index in [0.717, 1.165) is 39.6 Å². The largest absolute Gasteiger partial charge is 0.256 e. The van der Waals surface area contributed by atoms with E-state index in [-0.39, 0.29) is 5.41 Å². The van der Waals surface area contributed by atoms with E-state index in [4.69, 9.17) is 19.9 Å². The minimum Gasteiger partial charge on any atom is -0.256 e. The van der Waals surface area contributed by atoms with Crippen LogP contribution in [0.15, 0.2) is 134 Å². The molecule has 240 valence electrons. The third-order valence-corrected chi connectivity index (χ3v) is 12.6. The Morgan fingerprint density at radius 2 is 1.10 bits per heavy atom. The van der Waals surface area contributed by atoms with E-state index in [1.807, 2.05) is 6.20 Å². The highest BCUT2D eigenvalue weighted by molar-refractivity contribution is 5.95. The summed E-state index contributed by atoms with van der Waals surface area (Å²) in [6, 6.07) is 45.5. The number of aromatic nitrogens is 4. The lowest BCUT2D eigenvalue weighted by molar-refractivity contribution is -0.0400. The molecule has 2 heterocycles. The second kappa shape index (κ2) is 10.8. The molecule has 2 aromatic heterocycles. The molecule has 1 spiro atoms. The summed E-state index contributed by atoms with van der Waals surface area (Å²) in [5, 5.41) is 2.30. The Hall–Kier alpha value is -5.48. The van der Waals surface area contributed by atoms with Crippen molar-refractivity contribution in [3.8, 4) is 56.5 Å². The molecule has 4 saturated carbocycles. The number of benzene rings is 5. The number of nitrogens with zero attached hydrogens (tertiary/aromatic N) is 4. The Kier molecular flexibility index (Phi) is 6.10. The molecule has 7 aromatic rings. The Balaban J connectivity index is 1.08. The van der Waals surface area contributed by atoms with Crippen molar-refractivity contribution >= 4 is 10.8 Å². The summed E-state index contributed by atoms with van der Waals surface area (Å²) in [4.78, 5) is 20.7. The molecule has 4 fully saturated rings. The lowest BCUT2D eigenvalue weighted by Gasteiger charge is -2.61. The van der Waals surface area contributed by atoms with Crippen molar-refractivity contribution in [2.75, 3.05) is 0 Å². The second-order valence-electron chi connectivity index (χ2n) is 15.1. The van der Waals surface area contributed by atoms with Gasteiger partial charge in [0.15, 0.2) is 17.5 Å². The van der Waals surface area contributed by atoms with Gasteiger partial charge in [-0.25, -0.2) is 15.0 Å². The number of pyridine rings is 1. The Morgan fingerprint density at radius 1 is 0.460 bits per heavy atom. The number of rotatable bonds is 4. The molecule has 5 aliphatic carbocycles. The van der Waals surface area contributed by atoms with E-state index in [1.165, 1.54) is 65.3 Å². The van der Waals surface area contributed by atoms with Crippen LogP contribution < -0.4 is 0 Å². The van der Waals surface area contributed by atoms with Crippen molar-refractivity contribution < 1.29 is 0 Å². The van der Waals surface area contributed by atoms with E-state index in [0.29, 0.717) is 29.3 Å². The predicted octanol–water partition coefficient (Wildman–Crippen LogP) is 10.8. The van der Waals surface area contributed by atoms with E-state index < -0.39 is 0 Å². The SMILES string of the molecule is c1ccc(-c2ccc(-c3nc(-c4ccc5c(c4)-c4ncccc4C54C5CC6CC(C5)CC4C6)nc(-c4cccc5ccccc45)n3)cc2)cc1. The molecule has 4 heteroatoms. The van der Waals surface area contributed by atoms with Gasteiger partial charge in [0.05, 0.1) is 5.69 Å². The minimum atomic E-state index is 0.0871. The molecule has 0 aliphatic heterocycles. The van der Waals surface area contributed by atoms with Crippen molar-refractivity contribution in [3.63, 3.8) is 0 Å². The van der Waals surface area contributed by atoms with Gasteiger partial charge in [-0.15, -0.1) is 0 Å². The van der Waals surface area contributed by atoms with Crippen molar-refractivity contribution in [1.82, 2.24) is 19.9 Å². The summed E-state index contributed by atoms with van der Waals surface area (Å²) in [7, 11) is 0. The van der Waals surface area contributed by atoms with Gasteiger partial charge in [-0.1, -0.05) is 115 Å². The smallest absolute Gasteiger partial charge is 0.164 e. The minimum absolute atomic E-state index is 0.0871. The first-order valence-electron chi connectivity index (χ1n) is 18.2. The zero-order valence-corrected chi connectivity index (χ0v) is 27.8. The monoisotopic (exact) mass is 644 g/mol. The quantitative estimate of drug-likeness (QED) is 0.191. The molecule has 0 N–H and O–H groups in total. The molecule has 5 aromatic carbocycles. The van der Waals surface area contributed by atoms with Gasteiger partial charge in [-0.3, -0.25) is 4.98 Å². The van der Waals surface area contributed by atoms with Gasteiger partial charge >= 0.3 is 0 Å². The second-order valence-corrected chi connectivity index (χ2v) is 15.1. The topological polar surface area (TPSA) is 51.6 Å². The van der Waals surface area contributed by atoms with Gasteiger partial charge in [0.1, 0.15) is 0 Å². The summed E-state index contributed by atoms with van der Waals surface area (Å²) in [6.45, 7) is 0. The molecule has 0 radical (unpaired) electrons. The van der Waals surface area contributed by atoms with E-state index in [9.17, 15) is 0 Å². The van der Waals surface area contributed by atoms with Gasteiger partial charge in [-0.05, 0) is 101 Å². The maximum absolute atomic E-state index is 5.23. The Labute approximate surface area is 292 Å². The van der Waals surface area contributed by atoms with Crippen molar-refractivity contribution in [1.29, 1.82) is 0 Å². The first-order valence-corrected chi connectivity index (χ1v) is 18.2.